The number of hydrogen-bond acceptors (Lipinski definition) is 3. The number of nitrogens with one attached hydrogen (secondary N) is 1. The number of pyridine rings is 1. The number of aliphatic carboxylic acids is 1. The molecule has 0 aliphatic rings. The van der Waals surface area contributed by atoms with Crippen LogP contribution in [-0.4, -0.2) is 24.5 Å². The molecule has 1 atom stereocenters. The second-order valence-corrected chi connectivity index (χ2v) is 5.68. The molecule has 0 aliphatic heterocycles. The number of aromatic nitrogens is 1. The van der Waals surface area contributed by atoms with Gasteiger partial charge in [0.05, 0.1) is 5.97 Å². The Balaban J connectivity index is 2.19. The molecule has 1 amide bonds. The average molecular weight is 308 g/mol. The number of carboxylic acid groups (broad SMARTS) is 1. The van der Waals surface area contributed by atoms with Gasteiger partial charge in [-0.2, -0.15) is 0 Å². The Labute approximate surface area is 131 Å². The molecule has 1 aromatic rings. The van der Waals surface area contributed by atoms with Crippen LogP contribution >= 0.6 is 0 Å². The van der Waals surface area contributed by atoms with Crippen LogP contribution in [0.4, 0.5) is 0 Å². The lowest BCUT2D eigenvalue weighted by atomic mass is 10.1. The van der Waals surface area contributed by atoms with Crippen molar-refractivity contribution in [2.45, 2.75) is 45.1 Å². The lowest BCUT2D eigenvalue weighted by Gasteiger charge is -2.09. The average Bonchev–Trinajstić information content (AvgIpc) is 2.47. The molecule has 6 nitrogen and oxygen atoms in total. The smallest absolute Gasteiger partial charge is 0.220 e. The first-order valence-electron chi connectivity index (χ1n) is 7.65. The fraction of sp³-hybridized carbons (Fsp3) is 0.562. The van der Waals surface area contributed by atoms with Gasteiger partial charge in [0.1, 0.15) is 13.1 Å². The number of nitrogens with zero attached hydrogens (tertiary/aromatic N) is 1. The minimum Gasteiger partial charge on any atom is -0.544 e. The van der Waals surface area contributed by atoms with Crippen LogP contribution in [0.5, 0.6) is 0 Å². The Morgan fingerprint density at radius 1 is 1.41 bits per heavy atom. The first kappa shape index (κ1) is 18.1. The zero-order valence-electron chi connectivity index (χ0n) is 13.4. The predicted octanol–water partition coefficient (Wildman–Crippen LogP) is -1.60. The van der Waals surface area contributed by atoms with Gasteiger partial charge in [-0.25, -0.2) is 4.57 Å². The van der Waals surface area contributed by atoms with Crippen molar-refractivity contribution in [3.63, 3.8) is 0 Å². The molecule has 0 spiro atoms. The van der Waals surface area contributed by atoms with Gasteiger partial charge in [-0.3, -0.25) is 4.79 Å². The van der Waals surface area contributed by atoms with Gasteiger partial charge in [0.25, 0.3) is 0 Å². The molecular formula is C16H26N3O3+. The quantitative estimate of drug-likeness (QED) is 0.424. The summed E-state index contributed by atoms with van der Waals surface area (Å²) in [6, 6.07) is 1.37. The van der Waals surface area contributed by atoms with E-state index in [1.54, 1.807) is 0 Å². The highest BCUT2D eigenvalue weighted by molar-refractivity contribution is 5.76. The van der Waals surface area contributed by atoms with Crippen molar-refractivity contribution in [1.82, 2.24) is 5.32 Å². The Hall–Kier alpha value is -1.95. The van der Waals surface area contributed by atoms with E-state index in [2.05, 4.69) is 11.1 Å². The summed E-state index contributed by atoms with van der Waals surface area (Å²) in [6.07, 6.45) is 7.16. The van der Waals surface area contributed by atoms with Crippen molar-refractivity contribution in [2.75, 3.05) is 6.54 Å². The fourth-order valence-corrected chi connectivity index (χ4v) is 2.19. The molecule has 0 saturated heterocycles. The predicted molar refractivity (Wildman–Crippen MR) is 79.2 cm³/mol. The number of carbonyl (C=O) groups excluding carboxylic acids is 2. The Kier molecular flexibility index (Phi) is 7.52. The maximum absolute atomic E-state index is 11.8. The normalized spacial score (nSPS) is 12.0. The highest BCUT2D eigenvalue weighted by Crippen LogP contribution is 2.06. The van der Waals surface area contributed by atoms with Crippen molar-refractivity contribution < 1.29 is 25.0 Å². The minimum absolute atomic E-state index is 0.0250. The van der Waals surface area contributed by atoms with Crippen LogP contribution in [0.3, 0.4) is 0 Å². The number of aryl methyl sites for hydroxylation is 3. The van der Waals surface area contributed by atoms with Crippen LogP contribution in [0.2, 0.25) is 0 Å². The molecule has 6 heteroatoms. The van der Waals surface area contributed by atoms with Crippen LogP contribution < -0.4 is 20.7 Å². The molecule has 22 heavy (non-hydrogen) atoms. The standard InChI is InChI=1S/C16H25N3O3/c1-12-8-10-19(2)11-13(12)6-7-15(20)18-9-4-3-5-14(17)16(21)22/h8,10-11,14H,3-7,9,17H2,1-2H3,(H-,18,20,21,22)/p+1. The van der Waals surface area contributed by atoms with E-state index in [0.29, 0.717) is 19.4 Å². The molecule has 122 valence electrons. The second-order valence-electron chi connectivity index (χ2n) is 5.68. The highest BCUT2D eigenvalue weighted by Gasteiger charge is 2.08. The molecular weight excluding hydrogens is 282 g/mol. The molecule has 1 rings (SSSR count). The zero-order valence-corrected chi connectivity index (χ0v) is 13.4. The third kappa shape index (κ3) is 6.67. The number of carbonyl (C=O) groups is 2. The number of unbranched alkanes of at least 4 members (excludes halogenated alkanes) is 1. The van der Waals surface area contributed by atoms with E-state index in [1.165, 1.54) is 11.1 Å². The summed E-state index contributed by atoms with van der Waals surface area (Å²) < 4.78 is 1.98. The number of carboxylic acids is 1. The van der Waals surface area contributed by atoms with Crippen molar-refractivity contribution in [2.24, 2.45) is 7.05 Å². The van der Waals surface area contributed by atoms with E-state index in [-0.39, 0.29) is 5.91 Å². The number of amides is 1. The SMILES string of the molecule is Cc1cc[n+](C)cc1CCC(=O)NCCCCC([NH3+])C(=O)[O-]. The lowest BCUT2D eigenvalue weighted by molar-refractivity contribution is -0.672. The summed E-state index contributed by atoms with van der Waals surface area (Å²) in [5.74, 6) is -1.09. The van der Waals surface area contributed by atoms with Crippen LogP contribution in [-0.2, 0) is 23.1 Å². The zero-order chi connectivity index (χ0) is 16.5. The summed E-state index contributed by atoms with van der Waals surface area (Å²) >= 11 is 0. The Morgan fingerprint density at radius 3 is 2.82 bits per heavy atom. The van der Waals surface area contributed by atoms with Crippen LogP contribution in [0.25, 0.3) is 0 Å². The second kappa shape index (κ2) is 9.15. The van der Waals surface area contributed by atoms with E-state index >= 15 is 0 Å². The summed E-state index contributed by atoms with van der Waals surface area (Å²) in [6.45, 7) is 2.61. The summed E-state index contributed by atoms with van der Waals surface area (Å²) in [7, 11) is 1.96. The minimum atomic E-state index is -1.12. The monoisotopic (exact) mass is 308 g/mol. The Morgan fingerprint density at radius 2 is 2.14 bits per heavy atom. The molecule has 1 unspecified atom stereocenters. The van der Waals surface area contributed by atoms with Gasteiger partial charge in [0.2, 0.25) is 5.91 Å². The van der Waals surface area contributed by atoms with E-state index in [4.69, 9.17) is 0 Å². The molecule has 0 bridgehead atoms. The molecule has 0 radical (unpaired) electrons. The first-order valence-corrected chi connectivity index (χ1v) is 7.65. The van der Waals surface area contributed by atoms with Gasteiger partial charge in [0.15, 0.2) is 12.4 Å². The summed E-state index contributed by atoms with van der Waals surface area (Å²) in [5, 5.41) is 13.4. The number of rotatable bonds is 9. The van der Waals surface area contributed by atoms with Crippen molar-refractivity contribution >= 4 is 11.9 Å². The molecule has 4 N–H and O–H groups in total. The van der Waals surface area contributed by atoms with Gasteiger partial charge >= 0.3 is 0 Å². The van der Waals surface area contributed by atoms with Gasteiger partial charge in [-0.05, 0) is 31.7 Å². The Bertz CT molecular complexity index is 517. The van der Waals surface area contributed by atoms with Gasteiger partial charge < -0.3 is 21.0 Å². The molecule has 0 fully saturated rings. The number of hydrogen-bond donors (Lipinski definition) is 2. The third-order valence-corrected chi connectivity index (χ3v) is 3.68. The van der Waals surface area contributed by atoms with Crippen LogP contribution in [0.15, 0.2) is 18.5 Å². The molecule has 1 aromatic heterocycles. The van der Waals surface area contributed by atoms with Crippen LogP contribution in [0, 0.1) is 6.92 Å². The van der Waals surface area contributed by atoms with E-state index in [1.807, 2.05) is 37.0 Å². The van der Waals surface area contributed by atoms with E-state index < -0.39 is 12.0 Å². The molecule has 0 aromatic carbocycles. The maximum atomic E-state index is 11.8. The van der Waals surface area contributed by atoms with Crippen molar-refractivity contribution in [3.05, 3.63) is 29.6 Å². The van der Waals surface area contributed by atoms with Gasteiger partial charge in [-0.15, -0.1) is 0 Å². The van der Waals surface area contributed by atoms with Gasteiger partial charge in [0, 0.05) is 31.0 Å². The van der Waals surface area contributed by atoms with E-state index in [0.717, 1.165) is 19.3 Å². The van der Waals surface area contributed by atoms with Gasteiger partial charge in [-0.1, -0.05) is 0 Å². The summed E-state index contributed by atoms with van der Waals surface area (Å²) in [4.78, 5) is 22.3. The van der Waals surface area contributed by atoms with Crippen molar-refractivity contribution in [1.29, 1.82) is 0 Å². The molecule has 0 aliphatic carbocycles. The number of quaternary nitrogens is 1. The molecule has 1 heterocycles. The third-order valence-electron chi connectivity index (χ3n) is 3.68. The topological polar surface area (TPSA) is 101 Å². The fourth-order valence-electron chi connectivity index (χ4n) is 2.19. The first-order chi connectivity index (χ1) is 10.4. The molecule has 0 saturated carbocycles. The van der Waals surface area contributed by atoms with E-state index in [9.17, 15) is 14.7 Å². The highest BCUT2D eigenvalue weighted by atomic mass is 16.4. The van der Waals surface area contributed by atoms with Crippen molar-refractivity contribution in [3.8, 4) is 0 Å². The maximum Gasteiger partial charge on any atom is 0.220 e. The largest absolute Gasteiger partial charge is 0.544 e. The van der Waals surface area contributed by atoms with Crippen LogP contribution in [0.1, 0.15) is 36.8 Å². The lowest BCUT2D eigenvalue weighted by Crippen LogP contribution is -2.68. The summed E-state index contributed by atoms with van der Waals surface area (Å²) in [5.41, 5.74) is 5.86.